The van der Waals surface area contributed by atoms with Gasteiger partial charge in [0.25, 0.3) is 0 Å². The van der Waals surface area contributed by atoms with Gasteiger partial charge in [-0.25, -0.2) is 4.39 Å². The number of aliphatic hydroxyl groups excluding tert-OH is 1. The van der Waals surface area contributed by atoms with Gasteiger partial charge in [0.15, 0.2) is 0 Å². The molecule has 1 atom stereocenters. The van der Waals surface area contributed by atoms with Crippen molar-refractivity contribution in [2.24, 2.45) is 5.73 Å². The largest absolute Gasteiger partial charge is 0.496 e. The van der Waals surface area contributed by atoms with Gasteiger partial charge in [0.2, 0.25) is 0 Å². The third-order valence-electron chi connectivity index (χ3n) is 2.04. The van der Waals surface area contributed by atoms with Crippen LogP contribution >= 0.6 is 12.4 Å². The minimum absolute atomic E-state index is 0. The van der Waals surface area contributed by atoms with Gasteiger partial charge in [-0.05, 0) is 12.5 Å². The zero-order chi connectivity index (χ0) is 10.6. The molecule has 0 radical (unpaired) electrons. The summed E-state index contributed by atoms with van der Waals surface area (Å²) in [6.45, 7) is 0.00168. The minimum atomic E-state index is -0.359. The van der Waals surface area contributed by atoms with E-state index >= 15 is 0 Å². The summed E-state index contributed by atoms with van der Waals surface area (Å²) < 4.78 is 17.8. The summed E-state index contributed by atoms with van der Waals surface area (Å²) in [6.07, 6.45) is 0.433. The maximum atomic E-state index is 12.8. The van der Waals surface area contributed by atoms with Crippen molar-refractivity contribution >= 4 is 12.4 Å². The molecule has 1 aromatic rings. The van der Waals surface area contributed by atoms with Gasteiger partial charge in [-0.3, -0.25) is 0 Å². The van der Waals surface area contributed by atoms with Crippen LogP contribution in [0.25, 0.3) is 0 Å². The maximum absolute atomic E-state index is 12.8. The van der Waals surface area contributed by atoms with Crippen molar-refractivity contribution in [3.63, 3.8) is 0 Å². The molecule has 3 nitrogen and oxygen atoms in total. The van der Waals surface area contributed by atoms with Crippen LogP contribution in [0.3, 0.4) is 0 Å². The van der Waals surface area contributed by atoms with Crippen molar-refractivity contribution in [3.8, 4) is 5.75 Å². The predicted molar refractivity (Wildman–Crippen MR) is 58.8 cm³/mol. The molecule has 3 N–H and O–H groups in total. The fourth-order valence-electron chi connectivity index (χ4n) is 1.29. The fraction of sp³-hybridized carbons (Fsp3) is 0.400. The first-order chi connectivity index (χ1) is 6.69. The summed E-state index contributed by atoms with van der Waals surface area (Å²) in [6, 6.07) is 3.87. The molecule has 86 valence electrons. The summed E-state index contributed by atoms with van der Waals surface area (Å²) in [4.78, 5) is 0. The monoisotopic (exact) mass is 235 g/mol. The van der Waals surface area contributed by atoms with E-state index in [0.717, 1.165) is 0 Å². The average Bonchev–Trinajstić information content (AvgIpc) is 2.17. The van der Waals surface area contributed by atoms with Gasteiger partial charge in [0, 0.05) is 24.3 Å². The Kier molecular flexibility index (Phi) is 6.24. The Morgan fingerprint density at radius 1 is 1.53 bits per heavy atom. The molecule has 0 spiro atoms. The average molecular weight is 236 g/mol. The molecule has 0 bridgehead atoms. The van der Waals surface area contributed by atoms with Gasteiger partial charge in [-0.2, -0.15) is 0 Å². The number of halogens is 2. The third kappa shape index (κ3) is 3.66. The molecule has 0 saturated carbocycles. The van der Waals surface area contributed by atoms with E-state index in [-0.39, 0.29) is 30.9 Å². The second kappa shape index (κ2) is 6.61. The van der Waals surface area contributed by atoms with Crippen molar-refractivity contribution in [1.29, 1.82) is 0 Å². The van der Waals surface area contributed by atoms with E-state index in [9.17, 15) is 4.39 Å². The van der Waals surface area contributed by atoms with Crippen LogP contribution in [-0.4, -0.2) is 18.8 Å². The summed E-state index contributed by atoms with van der Waals surface area (Å²) in [5, 5.41) is 8.72. The quantitative estimate of drug-likeness (QED) is 0.834. The number of aliphatic hydroxyl groups is 1. The molecule has 0 amide bonds. The first-order valence-corrected chi connectivity index (χ1v) is 4.39. The molecular weight excluding hydrogens is 221 g/mol. The lowest BCUT2D eigenvalue weighted by Gasteiger charge is -2.14. The highest BCUT2D eigenvalue weighted by Gasteiger charge is 2.11. The highest BCUT2D eigenvalue weighted by Crippen LogP contribution is 2.26. The molecule has 0 aliphatic carbocycles. The normalized spacial score (nSPS) is 11.7. The van der Waals surface area contributed by atoms with Crippen molar-refractivity contribution in [2.45, 2.75) is 12.5 Å². The lowest BCUT2D eigenvalue weighted by atomic mass is 10.0. The standard InChI is InChI=1S/C10H14FNO2.ClH/c1-14-10-6-7(11)2-3-8(10)9(12)4-5-13;/h2-3,6,9,13H,4-5,12H2,1H3;1H/t9-;/m1./s1. The molecule has 0 aromatic heterocycles. The van der Waals surface area contributed by atoms with E-state index in [0.29, 0.717) is 17.7 Å². The number of hydrogen-bond donors (Lipinski definition) is 2. The number of hydrogen-bond acceptors (Lipinski definition) is 3. The SMILES string of the molecule is COc1cc(F)ccc1[C@H](N)CCO.Cl. The van der Waals surface area contributed by atoms with Crippen LogP contribution in [0.5, 0.6) is 5.75 Å². The minimum Gasteiger partial charge on any atom is -0.496 e. The van der Waals surface area contributed by atoms with Crippen molar-refractivity contribution in [2.75, 3.05) is 13.7 Å². The van der Waals surface area contributed by atoms with Crippen LogP contribution in [0.2, 0.25) is 0 Å². The van der Waals surface area contributed by atoms with Crippen LogP contribution in [0.1, 0.15) is 18.0 Å². The van der Waals surface area contributed by atoms with Gasteiger partial charge in [-0.1, -0.05) is 6.07 Å². The van der Waals surface area contributed by atoms with Gasteiger partial charge in [0.1, 0.15) is 11.6 Å². The summed E-state index contributed by atoms with van der Waals surface area (Å²) in [5.41, 5.74) is 6.48. The van der Waals surface area contributed by atoms with Crippen LogP contribution in [0.15, 0.2) is 18.2 Å². The number of benzene rings is 1. The highest BCUT2D eigenvalue weighted by molar-refractivity contribution is 5.85. The molecule has 0 aliphatic rings. The lowest BCUT2D eigenvalue weighted by molar-refractivity contribution is 0.275. The molecular formula is C10H15ClFNO2. The van der Waals surface area contributed by atoms with Gasteiger partial charge in [0.05, 0.1) is 7.11 Å². The molecule has 0 saturated heterocycles. The third-order valence-corrected chi connectivity index (χ3v) is 2.04. The Labute approximate surface area is 94.5 Å². The van der Waals surface area contributed by atoms with Gasteiger partial charge < -0.3 is 15.6 Å². The molecule has 0 unspecified atom stereocenters. The lowest BCUT2D eigenvalue weighted by Crippen LogP contribution is -2.13. The Morgan fingerprint density at radius 3 is 2.73 bits per heavy atom. The van der Waals surface area contributed by atoms with E-state index in [2.05, 4.69) is 0 Å². The van der Waals surface area contributed by atoms with Gasteiger partial charge in [-0.15, -0.1) is 12.4 Å². The molecule has 0 fully saturated rings. The van der Waals surface area contributed by atoms with E-state index in [1.54, 1.807) is 6.07 Å². The summed E-state index contributed by atoms with van der Waals surface area (Å²) in [7, 11) is 1.46. The first-order valence-electron chi connectivity index (χ1n) is 4.39. The Hall–Kier alpha value is -0.840. The van der Waals surface area contributed by atoms with Gasteiger partial charge >= 0.3 is 0 Å². The molecule has 0 heterocycles. The molecule has 1 aromatic carbocycles. The Morgan fingerprint density at radius 2 is 2.20 bits per heavy atom. The van der Waals surface area contributed by atoms with Crippen LogP contribution in [-0.2, 0) is 0 Å². The highest BCUT2D eigenvalue weighted by atomic mass is 35.5. The van der Waals surface area contributed by atoms with Crippen molar-refractivity contribution in [1.82, 2.24) is 0 Å². The topological polar surface area (TPSA) is 55.5 Å². The smallest absolute Gasteiger partial charge is 0.126 e. The Balaban J connectivity index is 0.00000196. The van der Waals surface area contributed by atoms with E-state index in [1.165, 1.54) is 19.2 Å². The second-order valence-electron chi connectivity index (χ2n) is 3.01. The predicted octanol–water partition coefficient (Wildman–Crippen LogP) is 1.64. The van der Waals surface area contributed by atoms with E-state index < -0.39 is 0 Å². The zero-order valence-electron chi connectivity index (χ0n) is 8.44. The summed E-state index contributed by atoms with van der Waals surface area (Å²) in [5.74, 6) is 0.0627. The zero-order valence-corrected chi connectivity index (χ0v) is 9.26. The fourth-order valence-corrected chi connectivity index (χ4v) is 1.29. The second-order valence-corrected chi connectivity index (χ2v) is 3.01. The number of methoxy groups -OCH3 is 1. The Bertz CT molecular complexity index is 309. The first kappa shape index (κ1) is 14.2. The molecule has 5 heteroatoms. The van der Waals surface area contributed by atoms with Crippen LogP contribution in [0.4, 0.5) is 4.39 Å². The molecule has 1 rings (SSSR count). The van der Waals surface area contributed by atoms with E-state index in [4.69, 9.17) is 15.6 Å². The van der Waals surface area contributed by atoms with Crippen molar-refractivity contribution < 1.29 is 14.2 Å². The molecule has 15 heavy (non-hydrogen) atoms. The van der Waals surface area contributed by atoms with Crippen molar-refractivity contribution in [3.05, 3.63) is 29.6 Å². The van der Waals surface area contributed by atoms with Crippen LogP contribution < -0.4 is 10.5 Å². The van der Waals surface area contributed by atoms with E-state index in [1.807, 2.05) is 0 Å². The molecule has 0 aliphatic heterocycles. The van der Waals surface area contributed by atoms with Crippen LogP contribution in [0, 0.1) is 5.82 Å². The number of rotatable bonds is 4. The maximum Gasteiger partial charge on any atom is 0.126 e. The number of nitrogens with two attached hydrogens (primary N) is 1. The number of ether oxygens (including phenoxy) is 1. The summed E-state index contributed by atoms with van der Waals surface area (Å²) >= 11 is 0.